The third-order valence-corrected chi connectivity index (χ3v) is 4.06. The lowest BCUT2D eigenvalue weighted by Gasteiger charge is -2.34. The van der Waals surface area contributed by atoms with Crippen LogP contribution in [0.15, 0.2) is 24.3 Å². The number of nitrogens with two attached hydrogens (primary N) is 1. The molecule has 1 fully saturated rings. The Kier molecular flexibility index (Phi) is 5.34. The van der Waals surface area contributed by atoms with Crippen molar-refractivity contribution in [3.8, 4) is 0 Å². The van der Waals surface area contributed by atoms with Crippen molar-refractivity contribution < 1.29 is 9.13 Å². The van der Waals surface area contributed by atoms with Gasteiger partial charge >= 0.3 is 0 Å². The first-order valence-corrected chi connectivity index (χ1v) is 7.35. The molecule has 0 spiro atoms. The maximum Gasteiger partial charge on any atom is 0.123 e. The summed E-state index contributed by atoms with van der Waals surface area (Å²) < 4.78 is 19.2. The molecule has 3 heteroatoms. The molecule has 2 N–H and O–H groups in total. The topological polar surface area (TPSA) is 35.2 Å². The van der Waals surface area contributed by atoms with Crippen molar-refractivity contribution in [3.63, 3.8) is 0 Å². The average Bonchev–Trinajstić information content (AvgIpc) is 2.45. The minimum atomic E-state index is -0.237. The van der Waals surface area contributed by atoms with Crippen molar-refractivity contribution in [2.75, 3.05) is 6.61 Å². The fourth-order valence-electron chi connectivity index (χ4n) is 3.09. The number of hydrogen-bond donors (Lipinski definition) is 1. The van der Waals surface area contributed by atoms with E-state index in [1.54, 1.807) is 6.07 Å². The Bertz CT molecular complexity index is 390. The minimum absolute atomic E-state index is 0.00657. The normalized spacial score (nSPS) is 20.2. The van der Waals surface area contributed by atoms with E-state index in [2.05, 4.69) is 0 Å². The zero-order valence-electron chi connectivity index (χ0n) is 11.6. The number of rotatable bonds is 5. The van der Waals surface area contributed by atoms with Crippen LogP contribution in [0.5, 0.6) is 0 Å². The summed E-state index contributed by atoms with van der Waals surface area (Å²) in [6.45, 7) is 2.65. The summed E-state index contributed by atoms with van der Waals surface area (Å²) in [5.41, 5.74) is 7.17. The first-order chi connectivity index (χ1) is 9.22. The molecule has 0 heterocycles. The molecule has 0 radical (unpaired) electrons. The molecule has 0 aliphatic heterocycles. The van der Waals surface area contributed by atoms with E-state index < -0.39 is 0 Å². The second kappa shape index (κ2) is 7.01. The molecular weight excluding hydrogens is 241 g/mol. The van der Waals surface area contributed by atoms with Gasteiger partial charge in [-0.05, 0) is 43.4 Å². The van der Waals surface area contributed by atoms with E-state index in [1.165, 1.54) is 44.2 Å². The molecule has 1 saturated carbocycles. The Hall–Kier alpha value is -0.930. The van der Waals surface area contributed by atoms with Crippen LogP contribution in [0.4, 0.5) is 4.39 Å². The predicted octanol–water partition coefficient (Wildman–Crippen LogP) is 3.81. The highest BCUT2D eigenvalue weighted by Crippen LogP contribution is 2.33. The molecule has 2 unspecified atom stereocenters. The maximum absolute atomic E-state index is 13.3. The Morgan fingerprint density at radius 3 is 2.68 bits per heavy atom. The van der Waals surface area contributed by atoms with Crippen molar-refractivity contribution in [3.05, 3.63) is 35.6 Å². The fourth-order valence-corrected chi connectivity index (χ4v) is 3.09. The molecular formula is C16H24FNO. The van der Waals surface area contributed by atoms with E-state index in [9.17, 15) is 4.39 Å². The zero-order valence-corrected chi connectivity index (χ0v) is 11.6. The van der Waals surface area contributed by atoms with Gasteiger partial charge in [0, 0.05) is 6.61 Å². The number of ether oxygens (including phenoxy) is 1. The van der Waals surface area contributed by atoms with Gasteiger partial charge < -0.3 is 10.5 Å². The summed E-state index contributed by atoms with van der Waals surface area (Å²) in [4.78, 5) is 0. The second-order valence-corrected chi connectivity index (χ2v) is 5.40. The molecule has 1 aliphatic carbocycles. The highest BCUT2D eigenvalue weighted by Gasteiger charge is 2.30. The Morgan fingerprint density at radius 1 is 1.32 bits per heavy atom. The van der Waals surface area contributed by atoms with Crippen molar-refractivity contribution in [2.24, 2.45) is 11.7 Å². The lowest BCUT2D eigenvalue weighted by Crippen LogP contribution is -2.36. The van der Waals surface area contributed by atoms with Gasteiger partial charge in [0.15, 0.2) is 0 Å². The first kappa shape index (κ1) is 14.5. The molecule has 0 amide bonds. The number of halogens is 1. The van der Waals surface area contributed by atoms with Gasteiger partial charge in [0.25, 0.3) is 0 Å². The van der Waals surface area contributed by atoms with Crippen molar-refractivity contribution in [1.82, 2.24) is 0 Å². The Balaban J connectivity index is 2.12. The Labute approximate surface area is 115 Å². The summed E-state index contributed by atoms with van der Waals surface area (Å²) >= 11 is 0. The van der Waals surface area contributed by atoms with Gasteiger partial charge in [-0.25, -0.2) is 4.39 Å². The molecule has 2 rings (SSSR count). The molecule has 0 bridgehead atoms. The maximum atomic E-state index is 13.3. The van der Waals surface area contributed by atoms with E-state index in [0.717, 1.165) is 5.56 Å². The third-order valence-electron chi connectivity index (χ3n) is 4.06. The van der Waals surface area contributed by atoms with E-state index >= 15 is 0 Å². The van der Waals surface area contributed by atoms with E-state index in [0.29, 0.717) is 12.5 Å². The molecule has 0 saturated heterocycles. The van der Waals surface area contributed by atoms with E-state index in [4.69, 9.17) is 10.5 Å². The molecule has 2 nitrogen and oxygen atoms in total. The summed E-state index contributed by atoms with van der Waals surface area (Å²) in [5, 5.41) is 0. The van der Waals surface area contributed by atoms with Gasteiger partial charge in [0.2, 0.25) is 0 Å². The molecule has 1 aromatic rings. The highest BCUT2D eigenvalue weighted by molar-refractivity contribution is 5.21. The van der Waals surface area contributed by atoms with Crippen LogP contribution in [0, 0.1) is 11.7 Å². The third kappa shape index (κ3) is 3.77. The van der Waals surface area contributed by atoms with Crippen molar-refractivity contribution >= 4 is 0 Å². The largest absolute Gasteiger partial charge is 0.376 e. The average molecular weight is 265 g/mol. The van der Waals surface area contributed by atoms with Crippen LogP contribution in [0.3, 0.4) is 0 Å². The molecule has 1 aliphatic rings. The lowest BCUT2D eigenvalue weighted by molar-refractivity contribution is -0.00989. The van der Waals surface area contributed by atoms with Gasteiger partial charge in [-0.2, -0.15) is 0 Å². The highest BCUT2D eigenvalue weighted by atomic mass is 19.1. The van der Waals surface area contributed by atoms with E-state index in [1.807, 2.05) is 13.0 Å². The molecule has 19 heavy (non-hydrogen) atoms. The SMILES string of the molecule is CCOC(C1CCCCC1)C(N)c1cccc(F)c1. The van der Waals surface area contributed by atoms with E-state index in [-0.39, 0.29) is 18.0 Å². The minimum Gasteiger partial charge on any atom is -0.376 e. The monoisotopic (exact) mass is 265 g/mol. The van der Waals surface area contributed by atoms with Crippen LogP contribution >= 0.6 is 0 Å². The number of hydrogen-bond acceptors (Lipinski definition) is 2. The molecule has 2 atom stereocenters. The smallest absolute Gasteiger partial charge is 0.123 e. The van der Waals surface area contributed by atoms with Gasteiger partial charge in [-0.3, -0.25) is 0 Å². The molecule has 106 valence electrons. The second-order valence-electron chi connectivity index (χ2n) is 5.40. The summed E-state index contributed by atoms with van der Waals surface area (Å²) in [6, 6.07) is 6.35. The van der Waals surface area contributed by atoms with Crippen LogP contribution in [-0.4, -0.2) is 12.7 Å². The first-order valence-electron chi connectivity index (χ1n) is 7.35. The quantitative estimate of drug-likeness (QED) is 0.878. The van der Waals surface area contributed by atoms with Gasteiger partial charge in [-0.15, -0.1) is 0 Å². The number of benzene rings is 1. The summed E-state index contributed by atoms with van der Waals surface area (Å²) in [5.74, 6) is 0.277. The van der Waals surface area contributed by atoms with Gasteiger partial charge in [0.05, 0.1) is 12.1 Å². The molecule has 0 aromatic heterocycles. The van der Waals surface area contributed by atoms with Crippen LogP contribution in [-0.2, 0) is 4.74 Å². The fraction of sp³-hybridized carbons (Fsp3) is 0.625. The van der Waals surface area contributed by atoms with Crippen molar-refractivity contribution in [1.29, 1.82) is 0 Å². The van der Waals surface area contributed by atoms with Crippen LogP contribution in [0.2, 0.25) is 0 Å². The predicted molar refractivity (Wildman–Crippen MR) is 75.3 cm³/mol. The van der Waals surface area contributed by atoms with Crippen LogP contribution in [0.25, 0.3) is 0 Å². The standard InChI is InChI=1S/C16H24FNO/c1-2-19-16(12-7-4-3-5-8-12)15(18)13-9-6-10-14(17)11-13/h6,9-12,15-16H,2-5,7-8,18H2,1H3. The lowest BCUT2D eigenvalue weighted by atomic mass is 9.81. The van der Waals surface area contributed by atoms with Crippen LogP contribution < -0.4 is 5.73 Å². The summed E-state index contributed by atoms with van der Waals surface area (Å²) in [6.07, 6.45) is 6.17. The summed E-state index contributed by atoms with van der Waals surface area (Å²) in [7, 11) is 0. The van der Waals surface area contributed by atoms with Crippen LogP contribution in [0.1, 0.15) is 50.6 Å². The Morgan fingerprint density at radius 2 is 2.05 bits per heavy atom. The van der Waals surface area contributed by atoms with Gasteiger partial charge in [-0.1, -0.05) is 31.4 Å². The van der Waals surface area contributed by atoms with Crippen molar-refractivity contribution in [2.45, 2.75) is 51.2 Å². The van der Waals surface area contributed by atoms with Gasteiger partial charge in [0.1, 0.15) is 5.82 Å². The zero-order chi connectivity index (χ0) is 13.7. The molecule has 1 aromatic carbocycles.